The lowest BCUT2D eigenvalue weighted by molar-refractivity contribution is -0.138. The topological polar surface area (TPSA) is 49.8 Å². The van der Waals surface area contributed by atoms with Gasteiger partial charge in [-0.15, -0.1) is 12.4 Å². The summed E-state index contributed by atoms with van der Waals surface area (Å²) in [5, 5.41) is 9.04. The van der Waals surface area contributed by atoms with Gasteiger partial charge < -0.3 is 9.84 Å². The van der Waals surface area contributed by atoms with Gasteiger partial charge in [-0.3, -0.25) is 9.69 Å². The molecule has 0 saturated carbocycles. The third-order valence-corrected chi connectivity index (χ3v) is 7.68. The predicted octanol–water partition coefficient (Wildman–Crippen LogP) is 9.07. The highest BCUT2D eigenvalue weighted by atomic mass is 35.5. The molecule has 43 heavy (non-hydrogen) atoms. The number of carboxylic acids is 1. The van der Waals surface area contributed by atoms with Gasteiger partial charge in [-0.25, -0.2) is 0 Å². The van der Waals surface area contributed by atoms with E-state index < -0.39 is 23.6 Å². The van der Waals surface area contributed by atoms with Crippen molar-refractivity contribution in [2.45, 2.75) is 37.9 Å². The molecule has 4 aromatic carbocycles. The summed E-state index contributed by atoms with van der Waals surface area (Å²) in [6, 6.07) is 31.1. The Bertz CT molecular complexity index is 1410. The summed E-state index contributed by atoms with van der Waals surface area (Å²) in [7, 11) is 0. The Morgan fingerprint density at radius 1 is 0.884 bits per heavy atom. The highest BCUT2D eigenvalue weighted by Crippen LogP contribution is 2.37. The molecule has 9 heteroatoms. The van der Waals surface area contributed by atoms with E-state index in [1.165, 1.54) is 6.07 Å². The normalized spacial score (nSPS) is 12.2. The first-order chi connectivity index (χ1) is 20.1. The van der Waals surface area contributed by atoms with Crippen LogP contribution in [-0.2, 0) is 17.5 Å². The quantitative estimate of drug-likeness (QED) is 0.150. The zero-order valence-corrected chi connectivity index (χ0v) is 25.2. The van der Waals surface area contributed by atoms with Crippen LogP contribution in [0.15, 0.2) is 103 Å². The van der Waals surface area contributed by atoms with Crippen LogP contribution in [0.4, 0.5) is 13.2 Å². The standard InChI is InChI=1S/C34H33ClF3NO3.ClH/c1-24(33(40)41)27-15-8-17-29(21-27)42-20-10-19-39(22-28-16-9-18-31(32(28)35)34(36,37)38)23-30(25-11-4-2-5-12-25)26-13-6-3-7-14-26;/h2-9,11-18,21,24,30H,10,19-20,22-23H2,1H3,(H,40,41);1H. The van der Waals surface area contributed by atoms with Crippen molar-refractivity contribution in [3.05, 3.63) is 136 Å². The first kappa shape index (κ1) is 34.0. The van der Waals surface area contributed by atoms with Gasteiger partial charge in [0, 0.05) is 25.6 Å². The average Bonchev–Trinajstić information content (AvgIpc) is 2.98. The number of rotatable bonds is 13. The van der Waals surface area contributed by atoms with Crippen molar-refractivity contribution in [2.75, 3.05) is 19.7 Å². The second-order valence-corrected chi connectivity index (χ2v) is 10.6. The summed E-state index contributed by atoms with van der Waals surface area (Å²) in [5.74, 6) is -1.02. The molecule has 0 amide bonds. The summed E-state index contributed by atoms with van der Waals surface area (Å²) in [6.45, 7) is 3.28. The van der Waals surface area contributed by atoms with Crippen LogP contribution in [0.2, 0.25) is 5.02 Å². The fraction of sp³-hybridized carbons (Fsp3) is 0.265. The Balaban J connectivity index is 0.00000506. The number of hydrogen-bond donors (Lipinski definition) is 1. The van der Waals surface area contributed by atoms with Gasteiger partial charge in [-0.1, -0.05) is 96.5 Å². The van der Waals surface area contributed by atoms with E-state index in [2.05, 4.69) is 29.2 Å². The molecule has 0 fully saturated rings. The Morgan fingerprint density at radius 3 is 2.05 bits per heavy atom. The summed E-state index contributed by atoms with van der Waals surface area (Å²) in [5.41, 5.74) is 2.41. The van der Waals surface area contributed by atoms with Crippen molar-refractivity contribution in [1.82, 2.24) is 4.90 Å². The molecule has 4 aromatic rings. The molecule has 0 aliphatic carbocycles. The van der Waals surface area contributed by atoms with Crippen LogP contribution >= 0.6 is 24.0 Å². The highest BCUT2D eigenvalue weighted by Gasteiger charge is 2.34. The van der Waals surface area contributed by atoms with E-state index in [1.807, 2.05) is 36.4 Å². The predicted molar refractivity (Wildman–Crippen MR) is 166 cm³/mol. The highest BCUT2D eigenvalue weighted by molar-refractivity contribution is 6.32. The fourth-order valence-electron chi connectivity index (χ4n) is 4.92. The van der Waals surface area contributed by atoms with E-state index >= 15 is 0 Å². The van der Waals surface area contributed by atoms with Gasteiger partial charge >= 0.3 is 12.1 Å². The minimum absolute atomic E-state index is 0. The van der Waals surface area contributed by atoms with E-state index in [9.17, 15) is 23.1 Å². The Labute approximate surface area is 261 Å². The Hall–Kier alpha value is -3.52. The van der Waals surface area contributed by atoms with Crippen LogP contribution < -0.4 is 4.74 Å². The SMILES string of the molecule is CC(C(=O)O)c1cccc(OCCCN(Cc2cccc(C(F)(F)F)c2Cl)CC(c2ccccc2)c2ccccc2)c1.Cl. The molecule has 1 unspecified atom stereocenters. The lowest BCUT2D eigenvalue weighted by Crippen LogP contribution is -2.31. The molecule has 228 valence electrons. The van der Waals surface area contributed by atoms with Crippen LogP contribution in [0.1, 0.15) is 53.0 Å². The number of carbonyl (C=O) groups is 1. The number of halogens is 5. The number of aliphatic carboxylic acids is 1. The first-order valence-corrected chi connectivity index (χ1v) is 14.1. The molecular weight excluding hydrogens is 598 g/mol. The summed E-state index contributed by atoms with van der Waals surface area (Å²) >= 11 is 6.30. The van der Waals surface area contributed by atoms with Gasteiger partial charge in [-0.05, 0) is 53.8 Å². The molecule has 4 nitrogen and oxygen atoms in total. The third kappa shape index (κ3) is 9.48. The molecule has 0 aliphatic heterocycles. The molecule has 4 rings (SSSR count). The molecule has 1 N–H and O–H groups in total. The Morgan fingerprint density at radius 2 is 1.47 bits per heavy atom. The van der Waals surface area contributed by atoms with Crippen molar-refractivity contribution in [1.29, 1.82) is 0 Å². The van der Waals surface area contributed by atoms with Crippen LogP contribution in [0, 0.1) is 0 Å². The molecule has 0 radical (unpaired) electrons. The van der Waals surface area contributed by atoms with Gasteiger partial charge in [-0.2, -0.15) is 13.2 Å². The lowest BCUT2D eigenvalue weighted by Gasteiger charge is -2.29. The number of benzene rings is 4. The molecule has 0 bridgehead atoms. The van der Waals surface area contributed by atoms with Crippen molar-refractivity contribution in [3.63, 3.8) is 0 Å². The summed E-state index contributed by atoms with van der Waals surface area (Å²) in [4.78, 5) is 13.5. The third-order valence-electron chi connectivity index (χ3n) is 7.24. The summed E-state index contributed by atoms with van der Waals surface area (Å²) < 4.78 is 46.8. The molecule has 0 aromatic heterocycles. The van der Waals surface area contributed by atoms with Gasteiger partial charge in [0.2, 0.25) is 0 Å². The number of alkyl halides is 3. The van der Waals surface area contributed by atoms with Gasteiger partial charge in [0.25, 0.3) is 0 Å². The maximum Gasteiger partial charge on any atom is 0.417 e. The first-order valence-electron chi connectivity index (χ1n) is 13.8. The Kier molecular flexibility index (Phi) is 12.5. The van der Waals surface area contributed by atoms with Crippen LogP contribution in [-0.4, -0.2) is 35.7 Å². The van der Waals surface area contributed by atoms with Gasteiger partial charge in [0.15, 0.2) is 0 Å². The largest absolute Gasteiger partial charge is 0.494 e. The van der Waals surface area contributed by atoms with Gasteiger partial charge in [0.05, 0.1) is 23.1 Å². The second-order valence-electron chi connectivity index (χ2n) is 10.2. The van der Waals surface area contributed by atoms with E-state index in [0.29, 0.717) is 43.0 Å². The maximum atomic E-state index is 13.6. The van der Waals surface area contributed by atoms with Crippen molar-refractivity contribution in [2.24, 2.45) is 0 Å². The van der Waals surface area contributed by atoms with E-state index in [4.69, 9.17) is 16.3 Å². The molecule has 0 aliphatic rings. The van der Waals surface area contributed by atoms with Crippen LogP contribution in [0.25, 0.3) is 0 Å². The van der Waals surface area contributed by atoms with Crippen molar-refractivity contribution < 1.29 is 27.8 Å². The molecule has 1 atom stereocenters. The number of hydrogen-bond acceptors (Lipinski definition) is 3. The smallest absolute Gasteiger partial charge is 0.417 e. The average molecular weight is 633 g/mol. The number of nitrogens with zero attached hydrogens (tertiary/aromatic N) is 1. The monoisotopic (exact) mass is 631 g/mol. The number of ether oxygens (including phenoxy) is 1. The van der Waals surface area contributed by atoms with Crippen molar-refractivity contribution >= 4 is 30.0 Å². The van der Waals surface area contributed by atoms with E-state index in [-0.39, 0.29) is 29.9 Å². The molecular formula is C34H34Cl2F3NO3. The maximum absolute atomic E-state index is 13.6. The number of carboxylic acid groups (broad SMARTS) is 1. The van der Waals surface area contributed by atoms with E-state index in [0.717, 1.165) is 17.2 Å². The minimum Gasteiger partial charge on any atom is -0.494 e. The molecule has 0 heterocycles. The zero-order chi connectivity index (χ0) is 30.1. The second kappa shape index (κ2) is 15.8. The van der Waals surface area contributed by atoms with Crippen molar-refractivity contribution in [3.8, 4) is 5.75 Å². The van der Waals surface area contributed by atoms with Gasteiger partial charge in [0.1, 0.15) is 5.75 Å². The van der Waals surface area contributed by atoms with Crippen LogP contribution in [0.5, 0.6) is 5.75 Å². The van der Waals surface area contributed by atoms with E-state index in [1.54, 1.807) is 37.3 Å². The molecule has 0 saturated heterocycles. The fourth-order valence-corrected chi connectivity index (χ4v) is 5.22. The van der Waals surface area contributed by atoms with Crippen LogP contribution in [0.3, 0.4) is 0 Å². The molecule has 0 spiro atoms. The lowest BCUT2D eigenvalue weighted by atomic mass is 9.90. The minimum atomic E-state index is -4.55. The summed E-state index contributed by atoms with van der Waals surface area (Å²) in [6.07, 6.45) is -3.96. The zero-order valence-electron chi connectivity index (χ0n) is 23.6.